The number of nitrogens with one attached hydrogen (secondary N) is 1. The molecule has 3 N–H and O–H groups in total. The number of halogens is 1. The molecule has 118 valence electrons. The van der Waals surface area contributed by atoms with Crippen LogP contribution in [0, 0.1) is 11.8 Å². The lowest BCUT2D eigenvalue weighted by Gasteiger charge is -2.17. The second kappa shape index (κ2) is 6.94. The van der Waals surface area contributed by atoms with Crippen LogP contribution in [0.1, 0.15) is 19.3 Å². The molecule has 0 saturated heterocycles. The highest BCUT2D eigenvalue weighted by atomic mass is 35.5. The Morgan fingerprint density at radius 3 is 2.86 bits per heavy atom. The smallest absolute Gasteiger partial charge is 0.336 e. The molecule has 1 aliphatic carbocycles. The van der Waals surface area contributed by atoms with Crippen LogP contribution in [0.4, 0.5) is 5.69 Å². The average molecular weight is 323 g/mol. The number of hydrogen-bond acceptors (Lipinski definition) is 4. The van der Waals surface area contributed by atoms with E-state index >= 15 is 0 Å². The summed E-state index contributed by atoms with van der Waals surface area (Å²) in [5.74, 6) is 0.308. The van der Waals surface area contributed by atoms with E-state index in [-0.39, 0.29) is 35.8 Å². The number of amides is 1. The van der Waals surface area contributed by atoms with Crippen molar-refractivity contribution in [2.24, 2.45) is 17.6 Å². The lowest BCUT2D eigenvalue weighted by molar-refractivity contribution is -0.120. The number of benzene rings is 1. The van der Waals surface area contributed by atoms with Gasteiger partial charge in [-0.2, -0.15) is 0 Å². The fraction of sp³-hybridized carbons (Fsp3) is 0.375. The van der Waals surface area contributed by atoms with Gasteiger partial charge in [-0.25, -0.2) is 4.79 Å². The van der Waals surface area contributed by atoms with Gasteiger partial charge in [-0.05, 0) is 49.6 Å². The molecule has 6 heteroatoms. The highest BCUT2D eigenvalue weighted by Gasteiger charge is 2.31. The first-order chi connectivity index (χ1) is 10.2. The standard InChI is InChI=1S/C16H18N2O3.ClH/c17-9-11-2-1-3-13(11)16(20)18-12-5-6-14-10(8-12)4-7-15(19)21-14;/h4-8,11,13H,1-3,9,17H2,(H,18,20);1H/t11-,13-;/m1./s1. The van der Waals surface area contributed by atoms with Crippen LogP contribution in [0.15, 0.2) is 39.5 Å². The van der Waals surface area contributed by atoms with Gasteiger partial charge in [0, 0.05) is 23.1 Å². The summed E-state index contributed by atoms with van der Waals surface area (Å²) in [4.78, 5) is 23.5. The molecule has 0 radical (unpaired) electrons. The lowest BCUT2D eigenvalue weighted by atomic mass is 9.95. The van der Waals surface area contributed by atoms with Crippen molar-refractivity contribution >= 4 is 35.0 Å². The van der Waals surface area contributed by atoms with Gasteiger partial charge in [-0.15, -0.1) is 12.4 Å². The molecule has 2 atom stereocenters. The zero-order valence-electron chi connectivity index (χ0n) is 12.1. The largest absolute Gasteiger partial charge is 0.423 e. The minimum absolute atomic E-state index is 0. The van der Waals surface area contributed by atoms with Crippen molar-refractivity contribution < 1.29 is 9.21 Å². The molecule has 0 spiro atoms. The first kappa shape index (κ1) is 16.5. The van der Waals surface area contributed by atoms with Gasteiger partial charge in [0.15, 0.2) is 0 Å². The van der Waals surface area contributed by atoms with E-state index in [4.69, 9.17) is 10.2 Å². The highest BCUT2D eigenvalue weighted by molar-refractivity contribution is 5.95. The third-order valence-electron chi connectivity index (χ3n) is 4.19. The minimum Gasteiger partial charge on any atom is -0.423 e. The normalized spacial score (nSPS) is 20.6. The summed E-state index contributed by atoms with van der Waals surface area (Å²) >= 11 is 0. The van der Waals surface area contributed by atoms with Gasteiger partial charge in [0.2, 0.25) is 5.91 Å². The summed E-state index contributed by atoms with van der Waals surface area (Å²) in [6, 6.07) is 8.31. The van der Waals surface area contributed by atoms with E-state index in [0.717, 1.165) is 24.6 Å². The molecular formula is C16H19ClN2O3. The third-order valence-corrected chi connectivity index (χ3v) is 4.19. The lowest BCUT2D eigenvalue weighted by Crippen LogP contribution is -2.29. The molecule has 1 saturated carbocycles. The first-order valence-corrected chi connectivity index (χ1v) is 7.22. The van der Waals surface area contributed by atoms with Gasteiger partial charge in [-0.1, -0.05) is 6.42 Å². The Balaban J connectivity index is 0.00000176. The molecule has 0 aliphatic heterocycles. The minimum atomic E-state index is -0.379. The van der Waals surface area contributed by atoms with Crippen molar-refractivity contribution in [3.63, 3.8) is 0 Å². The summed E-state index contributed by atoms with van der Waals surface area (Å²) in [5, 5.41) is 3.73. The Morgan fingerprint density at radius 2 is 2.09 bits per heavy atom. The number of rotatable bonds is 3. The molecule has 1 amide bonds. The van der Waals surface area contributed by atoms with E-state index < -0.39 is 0 Å². The summed E-state index contributed by atoms with van der Waals surface area (Å²) in [6.07, 6.45) is 2.98. The summed E-state index contributed by atoms with van der Waals surface area (Å²) < 4.78 is 5.07. The molecular weight excluding hydrogens is 304 g/mol. The Morgan fingerprint density at radius 1 is 1.27 bits per heavy atom. The average Bonchev–Trinajstić information content (AvgIpc) is 2.96. The van der Waals surface area contributed by atoms with Crippen LogP contribution in [-0.4, -0.2) is 12.5 Å². The summed E-state index contributed by atoms with van der Waals surface area (Å²) in [5.41, 5.74) is 6.57. The number of hydrogen-bond donors (Lipinski definition) is 2. The quantitative estimate of drug-likeness (QED) is 0.850. The zero-order chi connectivity index (χ0) is 14.8. The zero-order valence-corrected chi connectivity index (χ0v) is 12.9. The number of anilines is 1. The fourth-order valence-electron chi connectivity index (χ4n) is 3.05. The molecule has 5 nitrogen and oxygen atoms in total. The Bertz CT molecular complexity index is 729. The SMILES string of the molecule is Cl.NC[C@H]1CCC[C@H]1C(=O)Nc1ccc2oc(=O)ccc2c1. The van der Waals surface area contributed by atoms with E-state index in [9.17, 15) is 9.59 Å². The third kappa shape index (κ3) is 3.31. The van der Waals surface area contributed by atoms with Crippen LogP contribution in [0.25, 0.3) is 11.0 Å². The Labute approximate surface area is 134 Å². The second-order valence-electron chi connectivity index (χ2n) is 5.53. The molecule has 1 aromatic carbocycles. The number of fused-ring (bicyclic) bond motifs is 1. The van der Waals surface area contributed by atoms with Crippen LogP contribution >= 0.6 is 12.4 Å². The van der Waals surface area contributed by atoms with Crippen LogP contribution in [0.2, 0.25) is 0 Å². The summed E-state index contributed by atoms with van der Waals surface area (Å²) in [6.45, 7) is 0.557. The van der Waals surface area contributed by atoms with Gasteiger partial charge in [0.1, 0.15) is 5.58 Å². The molecule has 1 aromatic heterocycles. The molecule has 0 bridgehead atoms. The monoisotopic (exact) mass is 322 g/mol. The maximum atomic E-state index is 12.3. The van der Waals surface area contributed by atoms with Crippen molar-refractivity contribution in [2.75, 3.05) is 11.9 Å². The van der Waals surface area contributed by atoms with Crippen molar-refractivity contribution in [1.82, 2.24) is 0 Å². The highest BCUT2D eigenvalue weighted by Crippen LogP contribution is 2.32. The number of nitrogens with two attached hydrogens (primary N) is 1. The molecule has 3 rings (SSSR count). The summed E-state index contributed by atoms with van der Waals surface area (Å²) in [7, 11) is 0. The topological polar surface area (TPSA) is 85.3 Å². The second-order valence-corrected chi connectivity index (χ2v) is 5.53. The molecule has 1 fully saturated rings. The van der Waals surface area contributed by atoms with Gasteiger partial charge in [0.25, 0.3) is 0 Å². The maximum absolute atomic E-state index is 12.3. The van der Waals surface area contributed by atoms with Crippen molar-refractivity contribution in [2.45, 2.75) is 19.3 Å². The molecule has 2 aromatic rings. The van der Waals surface area contributed by atoms with Crippen LogP contribution < -0.4 is 16.7 Å². The first-order valence-electron chi connectivity index (χ1n) is 7.22. The van der Waals surface area contributed by atoms with Gasteiger partial charge >= 0.3 is 5.63 Å². The van der Waals surface area contributed by atoms with E-state index in [1.165, 1.54) is 6.07 Å². The predicted molar refractivity (Wildman–Crippen MR) is 88.2 cm³/mol. The van der Waals surface area contributed by atoms with Gasteiger partial charge in [0.05, 0.1) is 0 Å². The molecule has 0 unspecified atom stereocenters. The fourth-order valence-corrected chi connectivity index (χ4v) is 3.05. The van der Waals surface area contributed by atoms with Crippen LogP contribution in [0.3, 0.4) is 0 Å². The Hall–Kier alpha value is -1.85. The predicted octanol–water partition coefficient (Wildman–Crippen LogP) is 2.53. The van der Waals surface area contributed by atoms with E-state index in [2.05, 4.69) is 5.32 Å². The number of carbonyl (C=O) groups excluding carboxylic acids is 1. The molecule has 1 aliphatic rings. The molecule has 22 heavy (non-hydrogen) atoms. The van der Waals surface area contributed by atoms with Gasteiger partial charge in [-0.3, -0.25) is 4.79 Å². The van der Waals surface area contributed by atoms with Crippen molar-refractivity contribution in [1.29, 1.82) is 0 Å². The van der Waals surface area contributed by atoms with Crippen molar-refractivity contribution in [3.8, 4) is 0 Å². The van der Waals surface area contributed by atoms with E-state index in [1.54, 1.807) is 18.2 Å². The Kier molecular flexibility index (Phi) is 5.21. The van der Waals surface area contributed by atoms with E-state index in [0.29, 0.717) is 17.8 Å². The maximum Gasteiger partial charge on any atom is 0.336 e. The van der Waals surface area contributed by atoms with Crippen molar-refractivity contribution in [3.05, 3.63) is 40.8 Å². The van der Waals surface area contributed by atoms with Crippen LogP contribution in [-0.2, 0) is 4.79 Å². The van der Waals surface area contributed by atoms with E-state index in [1.807, 2.05) is 6.07 Å². The van der Waals surface area contributed by atoms with Crippen LogP contribution in [0.5, 0.6) is 0 Å². The van der Waals surface area contributed by atoms with Gasteiger partial charge < -0.3 is 15.5 Å². The number of carbonyl (C=O) groups is 1. The molecule has 1 heterocycles.